The topological polar surface area (TPSA) is 55.4 Å². The summed E-state index contributed by atoms with van der Waals surface area (Å²) in [6.07, 6.45) is 0.742. The summed E-state index contributed by atoms with van der Waals surface area (Å²) in [5, 5.41) is 3.30. The molecule has 1 fully saturated rings. The Bertz CT molecular complexity index is 516. The Balaban J connectivity index is 1.69. The second kappa shape index (κ2) is 6.63. The summed E-state index contributed by atoms with van der Waals surface area (Å²) in [4.78, 5) is 1.17. The molecule has 1 heterocycles. The lowest BCUT2D eigenvalue weighted by molar-refractivity contribution is 0.413. The summed E-state index contributed by atoms with van der Waals surface area (Å²) in [6.45, 7) is 0.821. The Morgan fingerprint density at radius 3 is 3.00 bits per heavy atom. The average molecular weight is 301 g/mol. The van der Waals surface area contributed by atoms with E-state index in [1.54, 1.807) is 18.9 Å². The molecule has 1 aliphatic heterocycles. The van der Waals surface area contributed by atoms with Crippen molar-refractivity contribution in [2.75, 3.05) is 30.9 Å². The van der Waals surface area contributed by atoms with E-state index >= 15 is 0 Å². The van der Waals surface area contributed by atoms with Crippen molar-refractivity contribution in [2.45, 2.75) is 17.4 Å². The van der Waals surface area contributed by atoms with Crippen LogP contribution in [0.5, 0.6) is 5.75 Å². The van der Waals surface area contributed by atoms with Crippen molar-refractivity contribution in [3.63, 3.8) is 0 Å². The standard InChI is InChI=1S/C13H19NO3S2/c1-17-12-3-2-4-13(9-12)18-7-6-14-11-5-8-19(15,16)10-11/h2-4,9,11,14H,5-8,10H2,1H3. The zero-order valence-corrected chi connectivity index (χ0v) is 12.6. The molecule has 0 spiro atoms. The lowest BCUT2D eigenvalue weighted by Gasteiger charge is -2.10. The first kappa shape index (κ1) is 14.7. The van der Waals surface area contributed by atoms with Crippen molar-refractivity contribution >= 4 is 21.6 Å². The number of thioether (sulfide) groups is 1. The second-order valence-electron chi connectivity index (χ2n) is 4.58. The summed E-state index contributed by atoms with van der Waals surface area (Å²) < 4.78 is 27.8. The molecule has 0 amide bonds. The van der Waals surface area contributed by atoms with E-state index in [9.17, 15) is 8.42 Å². The minimum atomic E-state index is -2.78. The molecule has 4 nitrogen and oxygen atoms in total. The highest BCUT2D eigenvalue weighted by atomic mass is 32.2. The van der Waals surface area contributed by atoms with E-state index in [2.05, 4.69) is 5.32 Å². The molecule has 0 aromatic heterocycles. The predicted molar refractivity (Wildman–Crippen MR) is 78.8 cm³/mol. The summed E-state index contributed by atoms with van der Waals surface area (Å²) >= 11 is 1.74. The maximum Gasteiger partial charge on any atom is 0.151 e. The Kier molecular flexibility index (Phi) is 5.13. The zero-order chi connectivity index (χ0) is 13.7. The van der Waals surface area contributed by atoms with Crippen LogP contribution >= 0.6 is 11.8 Å². The quantitative estimate of drug-likeness (QED) is 0.638. The van der Waals surface area contributed by atoms with Crippen LogP contribution in [0.15, 0.2) is 29.2 Å². The molecule has 0 aliphatic carbocycles. The second-order valence-corrected chi connectivity index (χ2v) is 7.98. The minimum Gasteiger partial charge on any atom is -0.497 e. The van der Waals surface area contributed by atoms with Crippen LogP contribution in [0.25, 0.3) is 0 Å². The molecule has 1 aliphatic rings. The third-order valence-corrected chi connectivity index (χ3v) is 5.84. The van der Waals surface area contributed by atoms with Crippen LogP contribution in [0.3, 0.4) is 0 Å². The Hall–Kier alpha value is -0.720. The van der Waals surface area contributed by atoms with Gasteiger partial charge in [-0.1, -0.05) is 6.07 Å². The van der Waals surface area contributed by atoms with Crippen molar-refractivity contribution in [2.24, 2.45) is 0 Å². The van der Waals surface area contributed by atoms with Crippen molar-refractivity contribution < 1.29 is 13.2 Å². The number of ether oxygens (including phenoxy) is 1. The van der Waals surface area contributed by atoms with E-state index in [-0.39, 0.29) is 11.8 Å². The van der Waals surface area contributed by atoms with Crippen molar-refractivity contribution in [3.05, 3.63) is 24.3 Å². The van der Waals surface area contributed by atoms with Crippen LogP contribution in [0.4, 0.5) is 0 Å². The molecule has 19 heavy (non-hydrogen) atoms. The first-order valence-electron chi connectivity index (χ1n) is 6.30. The van der Waals surface area contributed by atoms with Crippen LogP contribution < -0.4 is 10.1 Å². The number of sulfone groups is 1. The lowest BCUT2D eigenvalue weighted by atomic mass is 10.3. The molecule has 1 atom stereocenters. The zero-order valence-electron chi connectivity index (χ0n) is 11.0. The van der Waals surface area contributed by atoms with Gasteiger partial charge in [-0.2, -0.15) is 0 Å². The van der Waals surface area contributed by atoms with Gasteiger partial charge in [0.25, 0.3) is 0 Å². The number of hydrogen-bond acceptors (Lipinski definition) is 5. The average Bonchev–Trinajstić information content (AvgIpc) is 2.74. The number of rotatable bonds is 6. The van der Waals surface area contributed by atoms with Gasteiger partial charge in [0.2, 0.25) is 0 Å². The van der Waals surface area contributed by atoms with Crippen molar-refractivity contribution in [3.8, 4) is 5.75 Å². The van der Waals surface area contributed by atoms with Gasteiger partial charge in [0, 0.05) is 23.2 Å². The van der Waals surface area contributed by atoms with Gasteiger partial charge in [0.05, 0.1) is 18.6 Å². The van der Waals surface area contributed by atoms with E-state index in [4.69, 9.17) is 4.74 Å². The number of hydrogen-bond donors (Lipinski definition) is 1. The van der Waals surface area contributed by atoms with Crippen molar-refractivity contribution in [1.29, 1.82) is 0 Å². The van der Waals surface area contributed by atoms with Gasteiger partial charge >= 0.3 is 0 Å². The monoisotopic (exact) mass is 301 g/mol. The molecule has 1 aromatic rings. The fourth-order valence-corrected chi connectivity index (χ4v) is 4.62. The van der Waals surface area contributed by atoms with Crippen LogP contribution in [0, 0.1) is 0 Å². The molecule has 0 saturated carbocycles. The summed E-state index contributed by atoms with van der Waals surface area (Å²) in [6, 6.07) is 8.08. The minimum absolute atomic E-state index is 0.135. The lowest BCUT2D eigenvalue weighted by Crippen LogP contribution is -2.31. The normalized spacial score (nSPS) is 21.4. The van der Waals surface area contributed by atoms with Gasteiger partial charge in [-0.15, -0.1) is 11.8 Å². The molecule has 1 unspecified atom stereocenters. The number of methoxy groups -OCH3 is 1. The first-order valence-corrected chi connectivity index (χ1v) is 9.10. The maximum atomic E-state index is 11.3. The molecule has 1 saturated heterocycles. The Morgan fingerprint density at radius 2 is 2.32 bits per heavy atom. The molecule has 1 aromatic carbocycles. The molecule has 6 heteroatoms. The highest BCUT2D eigenvalue weighted by Gasteiger charge is 2.26. The molecule has 106 valence electrons. The molecule has 0 bridgehead atoms. The smallest absolute Gasteiger partial charge is 0.151 e. The van der Waals surface area contributed by atoms with Crippen LogP contribution in [0.1, 0.15) is 6.42 Å². The van der Waals surface area contributed by atoms with Gasteiger partial charge in [-0.05, 0) is 24.6 Å². The molecule has 2 rings (SSSR count). The van der Waals surface area contributed by atoms with Gasteiger partial charge in [-0.25, -0.2) is 8.42 Å². The van der Waals surface area contributed by atoms with Crippen LogP contribution in [-0.2, 0) is 9.84 Å². The number of benzene rings is 1. The van der Waals surface area contributed by atoms with E-state index in [1.165, 1.54) is 4.90 Å². The Labute approximate surface area is 118 Å². The van der Waals surface area contributed by atoms with Crippen molar-refractivity contribution in [1.82, 2.24) is 5.32 Å². The summed E-state index contributed by atoms with van der Waals surface area (Å²) in [5.41, 5.74) is 0. The fraction of sp³-hybridized carbons (Fsp3) is 0.538. The van der Waals surface area contributed by atoms with Gasteiger partial charge in [0.15, 0.2) is 9.84 Å². The Morgan fingerprint density at radius 1 is 1.47 bits per heavy atom. The van der Waals surface area contributed by atoms with E-state index in [0.717, 1.165) is 24.5 Å². The largest absolute Gasteiger partial charge is 0.497 e. The van der Waals surface area contributed by atoms with E-state index < -0.39 is 9.84 Å². The molecule has 1 N–H and O–H groups in total. The third-order valence-electron chi connectivity index (χ3n) is 3.08. The number of nitrogens with one attached hydrogen (secondary N) is 1. The van der Waals surface area contributed by atoms with E-state index in [1.807, 2.05) is 24.3 Å². The SMILES string of the molecule is COc1cccc(SCCNC2CCS(=O)(=O)C2)c1. The summed E-state index contributed by atoms with van der Waals surface area (Å²) in [5.74, 6) is 2.40. The molecule has 0 radical (unpaired) electrons. The third kappa shape index (κ3) is 4.71. The van der Waals surface area contributed by atoms with Gasteiger partial charge in [-0.3, -0.25) is 0 Å². The predicted octanol–water partition coefficient (Wildman–Crippen LogP) is 1.56. The maximum absolute atomic E-state index is 11.3. The molecular formula is C13H19NO3S2. The van der Waals surface area contributed by atoms with Gasteiger partial charge < -0.3 is 10.1 Å². The first-order chi connectivity index (χ1) is 9.09. The van der Waals surface area contributed by atoms with Crippen LogP contribution in [0.2, 0.25) is 0 Å². The fourth-order valence-electron chi connectivity index (χ4n) is 2.08. The van der Waals surface area contributed by atoms with E-state index in [0.29, 0.717) is 5.75 Å². The van der Waals surface area contributed by atoms with Gasteiger partial charge in [0.1, 0.15) is 5.75 Å². The highest BCUT2D eigenvalue weighted by Crippen LogP contribution is 2.22. The molecular weight excluding hydrogens is 282 g/mol. The highest BCUT2D eigenvalue weighted by molar-refractivity contribution is 7.99. The van der Waals surface area contributed by atoms with Crippen LogP contribution in [-0.4, -0.2) is 45.4 Å². The summed E-state index contributed by atoms with van der Waals surface area (Å²) in [7, 11) is -1.12.